The Kier molecular flexibility index (Phi) is 30.4. The highest BCUT2D eigenvalue weighted by Gasteiger charge is 2.31. The Labute approximate surface area is 870 Å². The zero-order chi connectivity index (χ0) is 105. The van der Waals surface area contributed by atoms with Gasteiger partial charge in [-0.25, -0.2) is 38.7 Å². The van der Waals surface area contributed by atoms with Crippen LogP contribution in [0.3, 0.4) is 0 Å². The van der Waals surface area contributed by atoms with Crippen LogP contribution < -0.4 is 33.7 Å². The summed E-state index contributed by atoms with van der Waals surface area (Å²) in [6.45, 7) is 21.2. The number of halogens is 4. The number of carbonyl (C=O) groups is 4. The highest BCUT2D eigenvalue weighted by molar-refractivity contribution is 6.31. The summed E-state index contributed by atoms with van der Waals surface area (Å²) in [6, 6.07) is 97.5. The first-order valence-corrected chi connectivity index (χ1v) is 49.3. The molecule has 5 N–H and O–H groups in total. The van der Waals surface area contributed by atoms with Gasteiger partial charge in [0, 0.05) is 64.6 Å². The number of carbonyl (C=O) groups excluding carboxylic acids is 3. The molecule has 744 valence electrons. The second-order valence-electron chi connectivity index (χ2n) is 37.5. The molecule has 20 rings (SSSR count). The van der Waals surface area contributed by atoms with E-state index >= 15 is 0 Å². The van der Waals surface area contributed by atoms with E-state index in [1.54, 1.807) is 122 Å². The fourth-order valence-corrected chi connectivity index (χ4v) is 17.7. The molecule has 32 heteroatoms. The minimum absolute atomic E-state index is 0.119. The van der Waals surface area contributed by atoms with Crippen LogP contribution in [0.15, 0.2) is 335 Å². The van der Waals surface area contributed by atoms with Crippen molar-refractivity contribution in [2.45, 2.75) is 132 Å². The number of ether oxygens (including phenoxy) is 1. The topological polar surface area (TPSA) is 361 Å². The van der Waals surface area contributed by atoms with Gasteiger partial charge in [0.2, 0.25) is 11.8 Å². The summed E-state index contributed by atoms with van der Waals surface area (Å²) in [7, 11) is 0. The van der Waals surface area contributed by atoms with Crippen LogP contribution in [-0.4, -0.2) is 112 Å². The van der Waals surface area contributed by atoms with Gasteiger partial charge in [0.25, 0.3) is 22.2 Å². The van der Waals surface area contributed by atoms with Crippen molar-refractivity contribution in [2.24, 2.45) is 11.5 Å². The summed E-state index contributed by atoms with van der Waals surface area (Å²) in [4.78, 5) is 125. The molecule has 2 amide bonds. The molecule has 0 radical (unpaired) electrons. The van der Waals surface area contributed by atoms with E-state index in [0.717, 1.165) is 44.5 Å². The molecule has 0 aliphatic heterocycles. The quantitative estimate of drug-likeness (QED) is 0.0473. The number of aromatic nitrogens is 16. The summed E-state index contributed by atoms with van der Waals surface area (Å²) in [5.74, 6) is 0.435. The molecular formula is C116H102Cl4N18O10. The molecule has 0 saturated carbocycles. The molecule has 20 aromatic rings. The molecule has 12 aromatic carbocycles. The molecule has 0 bridgehead atoms. The molecule has 8 heterocycles. The lowest BCUT2D eigenvalue weighted by Gasteiger charge is -2.19. The lowest BCUT2D eigenvalue weighted by atomic mass is 10.0. The van der Waals surface area contributed by atoms with Crippen molar-refractivity contribution in [2.75, 3.05) is 0 Å². The molecule has 148 heavy (non-hydrogen) atoms. The molecular weight excluding hydrogens is 1950 g/mol. The molecule has 28 nitrogen and oxygen atoms in total. The largest absolute Gasteiger partial charge is 0.480 e. The minimum atomic E-state index is -1.11. The Morgan fingerprint density at radius 1 is 0.291 bits per heavy atom. The standard InChI is InChI=1S/C32H31ClN4O3.2C28H24ClN5O2.C28H23ClN4O3/c1-20(2)21-11-13-23(14-12-21)30-34-28-27(22-9-7-6-8-10-22)35-36(19-26(38)40-32(3,4)5)29(28)31(39)37(30)25-17-15-24(33)16-18-25;2*1-17(2)18-8-10-20(11-9-18)27-31-25-24(19-6-4-3-5-7-19)32-33(16-23(30)35)26(25)28(36)34(27)22-14-12-21(29)13-15-22;1-17(2)18-8-10-20(11-9-18)27-30-25-24(19-6-4-3-5-7-19)31-32(16-23(34)35)26(25)28(36)33(27)22-14-12-21(29)13-15-22/h6-18,20H,19H2,1-5H3;2*3-15,17H,16H2,1-2H3,(H2,30,35);3-15,17H,16H2,1-2H3,(H,34,35). The number of esters is 1. The third-order valence-electron chi connectivity index (χ3n) is 24.5. The first-order valence-electron chi connectivity index (χ1n) is 47.8. The van der Waals surface area contributed by atoms with E-state index in [-0.39, 0.29) is 58.4 Å². The third kappa shape index (κ3) is 22.3. The van der Waals surface area contributed by atoms with Crippen molar-refractivity contribution in [1.29, 1.82) is 0 Å². The summed E-state index contributed by atoms with van der Waals surface area (Å²) in [5.41, 5.74) is 26.3. The van der Waals surface area contributed by atoms with Crippen molar-refractivity contribution in [1.82, 2.24) is 77.3 Å². The second-order valence-corrected chi connectivity index (χ2v) is 39.3. The molecule has 0 spiro atoms. The molecule has 0 aliphatic carbocycles. The smallest absolute Gasteiger partial charge is 0.328 e. The highest BCUT2D eigenvalue weighted by atomic mass is 35.5. The van der Waals surface area contributed by atoms with Gasteiger partial charge in [-0.2, -0.15) is 20.4 Å². The van der Waals surface area contributed by atoms with Gasteiger partial charge < -0.3 is 21.3 Å². The van der Waals surface area contributed by atoms with E-state index in [4.69, 9.17) is 87.6 Å². The molecule has 0 saturated heterocycles. The summed E-state index contributed by atoms with van der Waals surface area (Å²) < 4.78 is 16.9. The van der Waals surface area contributed by atoms with Crippen molar-refractivity contribution >= 4 is 114 Å². The predicted molar refractivity (Wildman–Crippen MR) is 584 cm³/mol. The van der Waals surface area contributed by atoms with Crippen LogP contribution in [0.5, 0.6) is 0 Å². The monoisotopic (exact) mass is 2050 g/mol. The van der Waals surface area contributed by atoms with Gasteiger partial charge in [-0.15, -0.1) is 0 Å². The van der Waals surface area contributed by atoms with E-state index in [1.165, 1.54) is 54.7 Å². The van der Waals surface area contributed by atoms with E-state index in [0.29, 0.717) is 135 Å². The van der Waals surface area contributed by atoms with Crippen LogP contribution >= 0.6 is 46.4 Å². The second kappa shape index (κ2) is 43.9. The Bertz CT molecular complexity index is 8020. The van der Waals surface area contributed by atoms with Gasteiger partial charge >= 0.3 is 11.9 Å². The maximum atomic E-state index is 14.4. The Hall–Kier alpha value is -16.9. The number of carboxylic acid groups (broad SMARTS) is 1. The predicted octanol–water partition coefficient (Wildman–Crippen LogP) is 23.2. The lowest BCUT2D eigenvalue weighted by Crippen LogP contribution is -2.29. The number of fused-ring (bicyclic) bond motifs is 4. The molecule has 0 unspecified atom stereocenters. The minimum Gasteiger partial charge on any atom is -0.480 e. The van der Waals surface area contributed by atoms with E-state index < -0.39 is 41.5 Å². The Balaban J connectivity index is 0.000000135. The maximum Gasteiger partial charge on any atom is 0.328 e. The normalized spacial score (nSPS) is 11.5. The van der Waals surface area contributed by atoms with Crippen LogP contribution in [0.2, 0.25) is 20.1 Å². The van der Waals surface area contributed by atoms with Gasteiger partial charge in [0.05, 0.1) is 22.7 Å². The number of aliphatic carboxylic acids is 1. The number of nitrogens with two attached hydrogens (primary N) is 2. The molecule has 0 fully saturated rings. The van der Waals surface area contributed by atoms with Gasteiger partial charge in [-0.1, -0.05) is 320 Å². The first-order chi connectivity index (χ1) is 71.0. The van der Waals surface area contributed by atoms with E-state index in [2.05, 4.69) is 70.7 Å². The van der Waals surface area contributed by atoms with Crippen LogP contribution in [0.1, 0.15) is 122 Å². The van der Waals surface area contributed by atoms with Crippen LogP contribution in [-0.2, 0) is 50.1 Å². The highest BCUT2D eigenvalue weighted by Crippen LogP contribution is 2.38. The van der Waals surface area contributed by atoms with Gasteiger partial charge in [0.15, 0.2) is 22.1 Å². The summed E-state index contributed by atoms with van der Waals surface area (Å²) in [6.07, 6.45) is 0. The number of carboxylic acids is 1. The fourth-order valence-electron chi connectivity index (χ4n) is 17.2. The van der Waals surface area contributed by atoms with Gasteiger partial charge in [0.1, 0.15) is 99.9 Å². The number of benzene rings is 12. The fraction of sp³-hybridized carbons (Fsp3) is 0.172. The Morgan fingerprint density at radius 2 is 0.493 bits per heavy atom. The SMILES string of the molecule is CC(C)c1ccc(-c2nc3c(-c4ccccc4)nn(CC(=O)O)c3c(=O)n2-c2ccc(Cl)cc2)cc1.CC(C)c1ccc(-c2nc3c(-c4ccccc4)nn(CC(=O)OC(C)(C)C)c3c(=O)n2-c2ccc(Cl)cc2)cc1.CC(C)c1ccc(-c2nc3c(-c4ccccc4)nn(CC(N)=O)c3c(=O)n2-c2ccc(Cl)cc2)cc1.CC(C)c1ccc(-c2nc3c(-c4ccccc4)nn(CC(N)=O)c3c(=O)n2-c2ccc(Cl)cc2)cc1. The first kappa shape index (κ1) is 103. The Morgan fingerprint density at radius 3 is 0.682 bits per heavy atom. The molecule has 0 aliphatic rings. The van der Waals surface area contributed by atoms with Crippen LogP contribution in [0.4, 0.5) is 0 Å². The lowest BCUT2D eigenvalue weighted by molar-refractivity contribution is -0.155. The van der Waals surface area contributed by atoms with Gasteiger partial charge in [-0.3, -0.25) is 56.6 Å². The number of hydrogen-bond acceptors (Lipinski definition) is 17. The summed E-state index contributed by atoms with van der Waals surface area (Å²) in [5, 5.41) is 30.1. The van der Waals surface area contributed by atoms with Crippen LogP contribution in [0.25, 0.3) is 157 Å². The van der Waals surface area contributed by atoms with Gasteiger partial charge in [-0.05, 0) is 164 Å². The molecule has 8 aromatic heterocycles. The number of nitrogens with zero attached hydrogens (tertiary/aromatic N) is 16. The third-order valence-corrected chi connectivity index (χ3v) is 25.5. The average Bonchev–Trinajstić information content (AvgIpc) is 1.57. The number of rotatable bonds is 24. The van der Waals surface area contributed by atoms with E-state index in [9.17, 15) is 43.5 Å². The zero-order valence-electron chi connectivity index (χ0n) is 82.6. The van der Waals surface area contributed by atoms with Crippen molar-refractivity contribution < 1.29 is 29.0 Å². The molecule has 0 atom stereocenters. The van der Waals surface area contributed by atoms with Crippen LogP contribution in [0, 0.1) is 0 Å². The zero-order valence-corrected chi connectivity index (χ0v) is 85.6. The van der Waals surface area contributed by atoms with Crippen molar-refractivity contribution in [3.8, 4) is 113 Å². The average molecular weight is 2050 g/mol. The van der Waals surface area contributed by atoms with E-state index in [1.807, 2.05) is 218 Å². The maximum absolute atomic E-state index is 14.4. The number of amides is 2. The van der Waals surface area contributed by atoms with Crippen molar-refractivity contribution in [3.63, 3.8) is 0 Å². The number of hydrogen-bond donors (Lipinski definition) is 3. The van der Waals surface area contributed by atoms with Crippen molar-refractivity contribution in [3.05, 3.63) is 399 Å². The summed E-state index contributed by atoms with van der Waals surface area (Å²) >= 11 is 24.5. The number of primary amides is 2.